The van der Waals surface area contributed by atoms with Crippen LogP contribution in [-0.4, -0.2) is 34.4 Å². The Hall–Kier alpha value is -1.69. The summed E-state index contributed by atoms with van der Waals surface area (Å²) < 4.78 is 0. The second-order valence-corrected chi connectivity index (χ2v) is 4.05. The topological polar surface area (TPSA) is 79.2 Å². The summed E-state index contributed by atoms with van der Waals surface area (Å²) in [5.41, 5.74) is 5.81. The van der Waals surface area contributed by atoms with Crippen molar-refractivity contribution in [2.75, 3.05) is 13.6 Å². The number of hydrogen-bond acceptors (Lipinski definition) is 3. The number of nitrogens with two attached hydrogens (primary N) is 1. The molecule has 0 spiro atoms. The SMILES string of the molecule is Cc1cc(=O)c(C(=O)N(C)CC(N)=S)c[nH]1. The van der Waals surface area contributed by atoms with Crippen LogP contribution in [0.2, 0.25) is 0 Å². The van der Waals surface area contributed by atoms with E-state index in [1.54, 1.807) is 14.0 Å². The molecule has 1 aromatic rings. The van der Waals surface area contributed by atoms with E-state index in [-0.39, 0.29) is 22.5 Å². The average Bonchev–Trinajstić information content (AvgIpc) is 2.15. The van der Waals surface area contributed by atoms with Crippen molar-refractivity contribution in [3.05, 3.63) is 33.7 Å². The van der Waals surface area contributed by atoms with Gasteiger partial charge in [0.1, 0.15) is 5.56 Å². The van der Waals surface area contributed by atoms with Crippen molar-refractivity contribution >= 4 is 23.1 Å². The number of carbonyl (C=O) groups excluding carboxylic acids is 1. The van der Waals surface area contributed by atoms with E-state index in [4.69, 9.17) is 18.0 Å². The molecule has 16 heavy (non-hydrogen) atoms. The van der Waals surface area contributed by atoms with Gasteiger partial charge in [0.15, 0.2) is 5.43 Å². The smallest absolute Gasteiger partial charge is 0.259 e. The Balaban J connectivity index is 2.97. The number of rotatable bonds is 3. The van der Waals surface area contributed by atoms with Crippen LogP contribution in [0.5, 0.6) is 0 Å². The van der Waals surface area contributed by atoms with Gasteiger partial charge in [-0.25, -0.2) is 0 Å². The number of aromatic nitrogens is 1. The zero-order chi connectivity index (χ0) is 12.3. The van der Waals surface area contributed by atoms with Gasteiger partial charge in [0.05, 0.1) is 11.5 Å². The number of aryl methyl sites for hydroxylation is 1. The fraction of sp³-hybridized carbons (Fsp3) is 0.300. The number of pyridine rings is 1. The maximum atomic E-state index is 11.8. The highest BCUT2D eigenvalue weighted by atomic mass is 32.1. The van der Waals surface area contributed by atoms with E-state index in [9.17, 15) is 9.59 Å². The molecule has 0 aromatic carbocycles. The first-order valence-corrected chi connectivity index (χ1v) is 5.05. The second-order valence-electron chi connectivity index (χ2n) is 3.52. The highest BCUT2D eigenvalue weighted by Crippen LogP contribution is 1.97. The van der Waals surface area contributed by atoms with E-state index >= 15 is 0 Å². The third-order valence-corrected chi connectivity index (χ3v) is 2.16. The van der Waals surface area contributed by atoms with Gasteiger partial charge in [-0.05, 0) is 6.92 Å². The van der Waals surface area contributed by atoms with Crippen LogP contribution in [-0.2, 0) is 0 Å². The summed E-state index contributed by atoms with van der Waals surface area (Å²) in [4.78, 5) is 27.7. The van der Waals surface area contributed by atoms with E-state index in [1.165, 1.54) is 17.2 Å². The quantitative estimate of drug-likeness (QED) is 0.730. The van der Waals surface area contributed by atoms with Gasteiger partial charge in [0.25, 0.3) is 5.91 Å². The molecule has 0 bridgehead atoms. The molecule has 0 unspecified atom stereocenters. The summed E-state index contributed by atoms with van der Waals surface area (Å²) in [6.07, 6.45) is 1.40. The first-order valence-electron chi connectivity index (χ1n) is 4.65. The van der Waals surface area contributed by atoms with Gasteiger partial charge in [-0.1, -0.05) is 12.2 Å². The van der Waals surface area contributed by atoms with E-state index in [0.717, 1.165) is 0 Å². The van der Waals surface area contributed by atoms with Crippen molar-refractivity contribution in [3.8, 4) is 0 Å². The van der Waals surface area contributed by atoms with E-state index in [0.29, 0.717) is 5.69 Å². The molecule has 0 saturated heterocycles. The molecule has 0 radical (unpaired) electrons. The molecular formula is C10H13N3O2S. The lowest BCUT2D eigenvalue weighted by Gasteiger charge is -2.15. The maximum Gasteiger partial charge on any atom is 0.259 e. The number of carbonyl (C=O) groups is 1. The predicted molar refractivity (Wildman–Crippen MR) is 65.5 cm³/mol. The number of nitrogens with zero attached hydrogens (tertiary/aromatic N) is 1. The minimum absolute atomic E-state index is 0.0874. The van der Waals surface area contributed by atoms with Gasteiger partial charge in [-0.2, -0.15) is 0 Å². The van der Waals surface area contributed by atoms with Crippen LogP contribution in [0.3, 0.4) is 0 Å². The Bertz CT molecular complexity index is 481. The van der Waals surface area contributed by atoms with Gasteiger partial charge in [-0.3, -0.25) is 9.59 Å². The highest BCUT2D eigenvalue weighted by molar-refractivity contribution is 7.80. The number of H-pyrrole nitrogens is 1. The van der Waals surface area contributed by atoms with Gasteiger partial charge in [0, 0.05) is 25.0 Å². The molecule has 1 aromatic heterocycles. The van der Waals surface area contributed by atoms with Crippen molar-refractivity contribution in [3.63, 3.8) is 0 Å². The van der Waals surface area contributed by atoms with Crippen molar-refractivity contribution in [2.45, 2.75) is 6.92 Å². The third-order valence-electron chi connectivity index (χ3n) is 2.03. The Morgan fingerprint density at radius 3 is 2.75 bits per heavy atom. The molecule has 0 atom stereocenters. The first-order chi connectivity index (χ1) is 7.41. The lowest BCUT2D eigenvalue weighted by Crippen LogP contribution is -2.36. The fourth-order valence-electron chi connectivity index (χ4n) is 1.25. The van der Waals surface area contributed by atoms with Gasteiger partial charge in [-0.15, -0.1) is 0 Å². The molecule has 0 saturated carbocycles. The van der Waals surface area contributed by atoms with Crippen molar-refractivity contribution in [1.82, 2.24) is 9.88 Å². The monoisotopic (exact) mass is 239 g/mol. The Labute approximate surface area is 98.3 Å². The van der Waals surface area contributed by atoms with E-state index in [2.05, 4.69) is 4.98 Å². The number of thiocarbonyl (C=S) groups is 1. The molecule has 0 aliphatic carbocycles. The number of nitrogens with one attached hydrogen (secondary N) is 1. The zero-order valence-electron chi connectivity index (χ0n) is 9.11. The number of aromatic amines is 1. The Kier molecular flexibility index (Phi) is 3.78. The fourth-order valence-corrected chi connectivity index (χ4v) is 1.45. The molecule has 0 aliphatic rings. The summed E-state index contributed by atoms with van der Waals surface area (Å²) in [5.74, 6) is -0.394. The molecule has 1 amide bonds. The van der Waals surface area contributed by atoms with Gasteiger partial charge < -0.3 is 15.6 Å². The van der Waals surface area contributed by atoms with Gasteiger partial charge >= 0.3 is 0 Å². The second kappa shape index (κ2) is 4.89. The van der Waals surface area contributed by atoms with Crippen LogP contribution in [0.25, 0.3) is 0 Å². The molecule has 5 nitrogen and oxygen atoms in total. The van der Waals surface area contributed by atoms with Crippen LogP contribution < -0.4 is 11.2 Å². The zero-order valence-corrected chi connectivity index (χ0v) is 9.93. The van der Waals surface area contributed by atoms with Gasteiger partial charge in [0.2, 0.25) is 0 Å². The number of hydrogen-bond donors (Lipinski definition) is 2. The summed E-state index contributed by atoms with van der Waals surface area (Å²) in [7, 11) is 1.54. The number of likely N-dealkylation sites (N-methyl/N-ethyl adjacent to an activating group) is 1. The largest absolute Gasteiger partial charge is 0.392 e. The summed E-state index contributed by atoms with van der Waals surface area (Å²) in [6, 6.07) is 1.38. The molecule has 0 aliphatic heterocycles. The highest BCUT2D eigenvalue weighted by Gasteiger charge is 2.15. The van der Waals surface area contributed by atoms with E-state index < -0.39 is 5.91 Å². The summed E-state index contributed by atoms with van der Waals surface area (Å²) in [5, 5.41) is 0. The first kappa shape index (κ1) is 12.4. The lowest BCUT2D eigenvalue weighted by atomic mass is 10.2. The Morgan fingerprint density at radius 2 is 2.25 bits per heavy atom. The maximum absolute atomic E-state index is 11.8. The third kappa shape index (κ3) is 2.90. The minimum Gasteiger partial charge on any atom is -0.392 e. The molecule has 0 fully saturated rings. The summed E-state index contributed by atoms with van der Waals surface area (Å²) >= 11 is 4.69. The molecule has 6 heteroatoms. The standard InChI is InChI=1S/C10H13N3O2S/c1-6-3-8(14)7(4-12-6)10(15)13(2)5-9(11)16/h3-4H,5H2,1-2H3,(H2,11,16)(H,12,14). The van der Waals surface area contributed by atoms with Crippen molar-refractivity contribution in [2.24, 2.45) is 5.73 Å². The van der Waals surface area contributed by atoms with Crippen LogP contribution in [0, 0.1) is 6.92 Å². The Morgan fingerprint density at radius 1 is 1.62 bits per heavy atom. The predicted octanol–water partition coefficient (Wildman–Crippen LogP) is 0.0414. The van der Waals surface area contributed by atoms with Crippen LogP contribution in [0.4, 0.5) is 0 Å². The van der Waals surface area contributed by atoms with Crippen LogP contribution in [0.15, 0.2) is 17.1 Å². The van der Waals surface area contributed by atoms with Crippen LogP contribution >= 0.6 is 12.2 Å². The molecular weight excluding hydrogens is 226 g/mol. The lowest BCUT2D eigenvalue weighted by molar-refractivity contribution is 0.0813. The normalized spacial score (nSPS) is 9.88. The molecule has 1 heterocycles. The molecule has 86 valence electrons. The average molecular weight is 239 g/mol. The minimum atomic E-state index is -0.394. The van der Waals surface area contributed by atoms with Crippen molar-refractivity contribution in [1.29, 1.82) is 0 Å². The van der Waals surface area contributed by atoms with Crippen LogP contribution in [0.1, 0.15) is 16.1 Å². The van der Waals surface area contributed by atoms with Crippen molar-refractivity contribution < 1.29 is 4.79 Å². The molecule has 3 N–H and O–H groups in total. The molecule has 1 rings (SSSR count). The number of amides is 1. The van der Waals surface area contributed by atoms with E-state index in [1.807, 2.05) is 0 Å². The summed E-state index contributed by atoms with van der Waals surface area (Å²) in [6.45, 7) is 1.90.